The minimum Gasteiger partial charge on any atom is -0.342 e. The van der Waals surface area contributed by atoms with Gasteiger partial charge in [-0.25, -0.2) is 13.8 Å². The minimum atomic E-state index is -0.677. The first kappa shape index (κ1) is 18.1. The largest absolute Gasteiger partial charge is 0.342 e. The van der Waals surface area contributed by atoms with Gasteiger partial charge in [-0.1, -0.05) is 29.8 Å². The molecule has 0 radical (unpaired) electrons. The number of nitrogens with one attached hydrogen (secondary N) is 1. The number of hydrogen-bond acceptors (Lipinski definition) is 2. The zero-order chi connectivity index (χ0) is 18.7. The number of amides is 1. The van der Waals surface area contributed by atoms with E-state index in [1.54, 1.807) is 36.1 Å². The second-order valence-corrected chi connectivity index (χ2v) is 6.24. The van der Waals surface area contributed by atoms with E-state index in [1.807, 2.05) is 0 Å². The summed E-state index contributed by atoms with van der Waals surface area (Å²) in [5, 5.41) is 2.97. The van der Waals surface area contributed by atoms with E-state index in [0.717, 1.165) is 0 Å². The maximum atomic E-state index is 13.9. The number of rotatable bonds is 5. The molecule has 1 amide bonds. The smallest absolute Gasteiger partial charge is 0.225 e. The number of aromatic nitrogens is 2. The Morgan fingerprint density at radius 1 is 1.27 bits per heavy atom. The third kappa shape index (κ3) is 3.91. The molecule has 4 nitrogen and oxygen atoms in total. The quantitative estimate of drug-likeness (QED) is 0.737. The van der Waals surface area contributed by atoms with E-state index in [0.29, 0.717) is 11.4 Å². The van der Waals surface area contributed by atoms with E-state index in [9.17, 15) is 13.6 Å². The summed E-state index contributed by atoms with van der Waals surface area (Å²) in [7, 11) is 1.77. The summed E-state index contributed by atoms with van der Waals surface area (Å²) in [6.07, 6.45) is 3.07. The number of carbonyl (C=O) groups is 1. The van der Waals surface area contributed by atoms with E-state index >= 15 is 0 Å². The fourth-order valence-electron chi connectivity index (χ4n) is 2.71. The molecule has 134 valence electrons. The van der Waals surface area contributed by atoms with Gasteiger partial charge in [0.05, 0.1) is 6.42 Å². The third-order valence-corrected chi connectivity index (χ3v) is 4.36. The Kier molecular flexibility index (Phi) is 5.32. The zero-order valence-corrected chi connectivity index (χ0v) is 14.7. The van der Waals surface area contributed by atoms with Crippen LogP contribution in [0.2, 0.25) is 5.02 Å². The van der Waals surface area contributed by atoms with Crippen LogP contribution in [0.1, 0.15) is 23.0 Å². The van der Waals surface area contributed by atoms with Crippen LogP contribution in [-0.4, -0.2) is 15.5 Å². The van der Waals surface area contributed by atoms with Crippen molar-refractivity contribution in [1.29, 1.82) is 0 Å². The highest BCUT2D eigenvalue weighted by Crippen LogP contribution is 2.23. The molecule has 0 unspecified atom stereocenters. The normalized spacial score (nSPS) is 12.0. The molecule has 2 aromatic carbocycles. The predicted molar refractivity (Wildman–Crippen MR) is 94.7 cm³/mol. The van der Waals surface area contributed by atoms with Gasteiger partial charge < -0.3 is 9.88 Å². The van der Waals surface area contributed by atoms with Crippen molar-refractivity contribution < 1.29 is 13.6 Å². The highest BCUT2D eigenvalue weighted by atomic mass is 35.5. The molecule has 0 aliphatic carbocycles. The molecule has 0 bridgehead atoms. The number of benzene rings is 2. The number of hydrogen-bond donors (Lipinski definition) is 1. The van der Waals surface area contributed by atoms with Crippen molar-refractivity contribution >= 4 is 17.5 Å². The second kappa shape index (κ2) is 7.66. The molecule has 1 atom stereocenters. The second-order valence-electron chi connectivity index (χ2n) is 5.83. The molecule has 7 heteroatoms. The van der Waals surface area contributed by atoms with Crippen LogP contribution in [0.5, 0.6) is 0 Å². The predicted octanol–water partition coefficient (Wildman–Crippen LogP) is 3.80. The van der Waals surface area contributed by atoms with Gasteiger partial charge in [0.25, 0.3) is 0 Å². The van der Waals surface area contributed by atoms with E-state index in [2.05, 4.69) is 10.3 Å². The Labute approximate surface area is 154 Å². The van der Waals surface area contributed by atoms with Gasteiger partial charge in [-0.2, -0.15) is 0 Å². The number of nitrogens with zero attached hydrogens (tertiary/aromatic N) is 2. The lowest BCUT2D eigenvalue weighted by atomic mass is 10.0. The summed E-state index contributed by atoms with van der Waals surface area (Å²) >= 11 is 5.99. The van der Waals surface area contributed by atoms with Crippen LogP contribution in [0, 0.1) is 11.6 Å². The average molecular weight is 376 g/mol. The first-order valence-corrected chi connectivity index (χ1v) is 8.28. The van der Waals surface area contributed by atoms with E-state index < -0.39 is 23.6 Å². The van der Waals surface area contributed by atoms with Gasteiger partial charge in [0.2, 0.25) is 5.91 Å². The van der Waals surface area contributed by atoms with Crippen molar-refractivity contribution in [3.8, 4) is 0 Å². The Morgan fingerprint density at radius 2 is 2.04 bits per heavy atom. The fraction of sp³-hybridized carbons (Fsp3) is 0.158. The van der Waals surface area contributed by atoms with Crippen molar-refractivity contribution in [3.05, 3.63) is 88.5 Å². The van der Waals surface area contributed by atoms with Crippen molar-refractivity contribution in [3.63, 3.8) is 0 Å². The molecule has 0 fully saturated rings. The minimum absolute atomic E-state index is 0.115. The van der Waals surface area contributed by atoms with E-state index in [-0.39, 0.29) is 17.0 Å². The van der Waals surface area contributed by atoms with Crippen molar-refractivity contribution in [2.45, 2.75) is 12.5 Å². The van der Waals surface area contributed by atoms with Crippen LogP contribution < -0.4 is 5.32 Å². The summed E-state index contributed by atoms with van der Waals surface area (Å²) in [5.74, 6) is -0.891. The number of carbonyl (C=O) groups excluding carboxylic acids is 1. The monoisotopic (exact) mass is 375 g/mol. The van der Waals surface area contributed by atoms with Gasteiger partial charge in [0, 0.05) is 30.0 Å². The molecule has 0 spiro atoms. The molecular formula is C19H16ClF2N3O. The lowest BCUT2D eigenvalue weighted by Crippen LogP contribution is -2.32. The Morgan fingerprint density at radius 3 is 2.69 bits per heavy atom. The summed E-state index contributed by atoms with van der Waals surface area (Å²) in [4.78, 5) is 16.8. The Hall–Kier alpha value is -2.73. The SMILES string of the molecule is Cn1ccnc1[C@@H](NC(=O)Cc1c(F)cccc1Cl)c1cccc(F)c1. The van der Waals surface area contributed by atoms with Gasteiger partial charge in [0.1, 0.15) is 23.5 Å². The van der Waals surface area contributed by atoms with Crippen LogP contribution in [-0.2, 0) is 18.3 Å². The molecule has 1 aromatic heterocycles. The summed E-state index contributed by atoms with van der Waals surface area (Å²) in [6, 6.07) is 9.47. The van der Waals surface area contributed by atoms with Crippen LogP contribution in [0.4, 0.5) is 8.78 Å². The van der Waals surface area contributed by atoms with Gasteiger partial charge in [-0.15, -0.1) is 0 Å². The summed E-state index contributed by atoms with van der Waals surface area (Å²) < 4.78 is 29.3. The molecule has 1 heterocycles. The van der Waals surface area contributed by atoms with Crippen LogP contribution in [0.3, 0.4) is 0 Å². The summed E-state index contributed by atoms with van der Waals surface area (Å²) in [5.41, 5.74) is 0.650. The Balaban J connectivity index is 1.89. The topological polar surface area (TPSA) is 46.9 Å². The average Bonchev–Trinajstić information content (AvgIpc) is 3.02. The molecule has 26 heavy (non-hydrogen) atoms. The molecule has 0 aliphatic rings. The number of imidazole rings is 1. The molecule has 0 saturated heterocycles. The standard InChI is InChI=1S/C19H16ClF2N3O/c1-25-9-8-23-19(25)18(12-4-2-5-13(21)10-12)24-17(26)11-14-15(20)6-3-7-16(14)22/h2-10,18H,11H2,1H3,(H,24,26)/t18-/m0/s1. The van der Waals surface area contributed by atoms with Crippen molar-refractivity contribution in [2.75, 3.05) is 0 Å². The van der Waals surface area contributed by atoms with Gasteiger partial charge in [0.15, 0.2) is 0 Å². The molecular weight excluding hydrogens is 360 g/mol. The van der Waals surface area contributed by atoms with Crippen LogP contribution in [0.25, 0.3) is 0 Å². The van der Waals surface area contributed by atoms with Crippen molar-refractivity contribution in [1.82, 2.24) is 14.9 Å². The number of halogens is 3. The first-order chi connectivity index (χ1) is 12.5. The molecule has 1 N–H and O–H groups in total. The van der Waals surface area contributed by atoms with Crippen LogP contribution >= 0.6 is 11.6 Å². The lowest BCUT2D eigenvalue weighted by Gasteiger charge is -2.19. The molecule has 3 aromatic rings. The van der Waals surface area contributed by atoms with Crippen LogP contribution in [0.15, 0.2) is 54.9 Å². The van der Waals surface area contributed by atoms with Gasteiger partial charge in [-0.05, 0) is 29.8 Å². The molecule has 0 saturated carbocycles. The highest BCUT2D eigenvalue weighted by Gasteiger charge is 2.22. The molecule has 3 rings (SSSR count). The lowest BCUT2D eigenvalue weighted by molar-refractivity contribution is -0.121. The first-order valence-electron chi connectivity index (χ1n) is 7.90. The van der Waals surface area contributed by atoms with Gasteiger partial charge in [-0.3, -0.25) is 4.79 Å². The highest BCUT2D eigenvalue weighted by molar-refractivity contribution is 6.31. The third-order valence-electron chi connectivity index (χ3n) is 4.00. The number of aryl methyl sites for hydroxylation is 1. The van der Waals surface area contributed by atoms with E-state index in [4.69, 9.17) is 11.6 Å². The maximum absolute atomic E-state index is 13.9. The van der Waals surface area contributed by atoms with Gasteiger partial charge >= 0.3 is 0 Å². The maximum Gasteiger partial charge on any atom is 0.225 e. The molecule has 0 aliphatic heterocycles. The fourth-order valence-corrected chi connectivity index (χ4v) is 2.94. The van der Waals surface area contributed by atoms with E-state index in [1.165, 1.54) is 30.3 Å². The van der Waals surface area contributed by atoms with Crippen molar-refractivity contribution in [2.24, 2.45) is 7.05 Å². The Bertz CT molecular complexity index is 922. The zero-order valence-electron chi connectivity index (χ0n) is 13.9. The summed E-state index contributed by atoms with van der Waals surface area (Å²) in [6.45, 7) is 0.